The molecule has 0 aromatic heterocycles. The average Bonchev–Trinajstić information content (AvgIpc) is 2.94. The summed E-state index contributed by atoms with van der Waals surface area (Å²) in [5.74, 6) is 2.42. The maximum Gasteiger partial charge on any atom is 0.123 e. The molecule has 0 heterocycles. The summed E-state index contributed by atoms with van der Waals surface area (Å²) in [6.45, 7) is 16.5. The van der Waals surface area contributed by atoms with Crippen molar-refractivity contribution in [2.75, 3.05) is 7.05 Å². The number of likely N-dealkylation sites (N-methyl/N-ethyl adjacent to an activating group) is 1. The molecule has 0 aliphatic heterocycles. The second-order valence-electron chi connectivity index (χ2n) is 9.38. The minimum atomic E-state index is -0.266. The van der Waals surface area contributed by atoms with E-state index in [4.69, 9.17) is 6.42 Å². The molecule has 198 valence electrons. The Morgan fingerprint density at radius 2 is 1.74 bits per heavy atom. The van der Waals surface area contributed by atoms with Gasteiger partial charge in [0.2, 0.25) is 0 Å². The molecule has 0 saturated heterocycles. The Hall–Kier alpha value is -4.59. The van der Waals surface area contributed by atoms with Gasteiger partial charge in [0, 0.05) is 35.1 Å². The predicted molar refractivity (Wildman–Crippen MR) is 164 cm³/mol. The molecule has 0 amide bonds. The van der Waals surface area contributed by atoms with E-state index in [2.05, 4.69) is 73.7 Å². The number of terminal acetylenes is 1. The topological polar surface area (TPSA) is 36.1 Å². The van der Waals surface area contributed by atoms with Crippen molar-refractivity contribution in [1.82, 2.24) is 16.0 Å². The molecule has 1 atom stereocenters. The van der Waals surface area contributed by atoms with E-state index in [0.29, 0.717) is 6.42 Å². The van der Waals surface area contributed by atoms with Gasteiger partial charge < -0.3 is 16.0 Å². The highest BCUT2D eigenvalue weighted by molar-refractivity contribution is 5.78. The highest BCUT2D eigenvalue weighted by Gasteiger charge is 2.10. The largest absolute Gasteiger partial charge is 0.362 e. The van der Waals surface area contributed by atoms with E-state index in [1.165, 1.54) is 12.1 Å². The molecule has 0 fully saturated rings. The third-order valence-electron chi connectivity index (χ3n) is 6.40. The zero-order valence-corrected chi connectivity index (χ0v) is 22.9. The lowest BCUT2D eigenvalue weighted by atomic mass is 9.94. The Balaban J connectivity index is 2.00. The molecule has 3 rings (SSSR count). The van der Waals surface area contributed by atoms with Gasteiger partial charge in [0.15, 0.2) is 0 Å². The van der Waals surface area contributed by atoms with Gasteiger partial charge in [-0.25, -0.2) is 4.39 Å². The van der Waals surface area contributed by atoms with Gasteiger partial charge in [-0.05, 0) is 91.3 Å². The lowest BCUT2D eigenvalue weighted by Gasteiger charge is -2.19. The summed E-state index contributed by atoms with van der Waals surface area (Å²) >= 11 is 0. The first-order valence-electron chi connectivity index (χ1n) is 12.8. The molecular formula is C35H36FN3. The number of halogens is 1. The number of allylic oxidation sites excluding steroid dienone is 3. The van der Waals surface area contributed by atoms with Gasteiger partial charge >= 0.3 is 0 Å². The lowest BCUT2D eigenvalue weighted by Crippen LogP contribution is -2.31. The number of hydrogen-bond acceptors (Lipinski definition) is 3. The second kappa shape index (κ2) is 13.8. The van der Waals surface area contributed by atoms with Crippen LogP contribution in [0.3, 0.4) is 0 Å². The average molecular weight is 518 g/mol. The van der Waals surface area contributed by atoms with E-state index < -0.39 is 0 Å². The fraction of sp³-hybridized carbons (Fsp3) is 0.143. The van der Waals surface area contributed by atoms with Crippen LogP contribution in [0.25, 0.3) is 11.3 Å². The van der Waals surface area contributed by atoms with Crippen LogP contribution in [-0.4, -0.2) is 13.1 Å². The first-order chi connectivity index (χ1) is 18.7. The van der Waals surface area contributed by atoms with Crippen molar-refractivity contribution in [3.8, 4) is 12.3 Å². The molecule has 0 radical (unpaired) electrons. The molecule has 0 spiro atoms. The Labute approximate surface area is 232 Å². The first kappa shape index (κ1) is 29.0. The van der Waals surface area contributed by atoms with Crippen LogP contribution < -0.4 is 16.0 Å². The molecule has 1 unspecified atom stereocenters. The first-order valence-corrected chi connectivity index (χ1v) is 12.8. The monoisotopic (exact) mass is 517 g/mol. The van der Waals surface area contributed by atoms with Crippen LogP contribution in [0.1, 0.15) is 40.3 Å². The van der Waals surface area contributed by atoms with Gasteiger partial charge in [0.05, 0.1) is 0 Å². The van der Waals surface area contributed by atoms with E-state index in [1.54, 1.807) is 18.3 Å². The van der Waals surface area contributed by atoms with Crippen molar-refractivity contribution in [1.29, 1.82) is 0 Å². The quantitative estimate of drug-likeness (QED) is 0.177. The third-order valence-corrected chi connectivity index (χ3v) is 6.40. The Morgan fingerprint density at radius 3 is 2.41 bits per heavy atom. The third kappa shape index (κ3) is 8.20. The summed E-state index contributed by atoms with van der Waals surface area (Å²) in [6, 6.07) is 20.7. The molecular weight excluding hydrogens is 481 g/mol. The maximum absolute atomic E-state index is 13.5. The van der Waals surface area contributed by atoms with Crippen molar-refractivity contribution in [3.05, 3.63) is 155 Å². The zero-order valence-electron chi connectivity index (χ0n) is 22.9. The second-order valence-corrected chi connectivity index (χ2v) is 9.38. The number of aryl methyl sites for hydroxylation is 1. The Kier molecular flexibility index (Phi) is 10.3. The molecule has 3 N–H and O–H groups in total. The van der Waals surface area contributed by atoms with Gasteiger partial charge in [0.25, 0.3) is 0 Å². The maximum atomic E-state index is 13.5. The van der Waals surface area contributed by atoms with E-state index in [1.807, 2.05) is 43.5 Å². The fourth-order valence-corrected chi connectivity index (χ4v) is 4.11. The van der Waals surface area contributed by atoms with Crippen LogP contribution >= 0.6 is 0 Å². The van der Waals surface area contributed by atoms with Crippen molar-refractivity contribution in [2.24, 2.45) is 0 Å². The fourth-order valence-electron chi connectivity index (χ4n) is 4.11. The Bertz CT molecular complexity index is 1450. The molecule has 0 bridgehead atoms. The molecule has 3 aromatic carbocycles. The standard InChI is InChI=1S/C35H36FN3/c1-8-28-11-10-12-31(21-28)35(38-9-2)18-17-34(39-27(6)26(5)37-7)23-29-19-24(3)20-32(22-29)25(4)30-13-15-33(36)16-14-30/h1,9-22,26,37-39H,2,4,6,23H2,3,5,7H3/b34-17+,35-18-. The van der Waals surface area contributed by atoms with E-state index >= 15 is 0 Å². The molecule has 0 aliphatic carbocycles. The number of hydrogen-bond donors (Lipinski definition) is 3. The van der Waals surface area contributed by atoms with Gasteiger partial charge in [-0.2, -0.15) is 0 Å². The molecule has 3 nitrogen and oxygen atoms in total. The summed E-state index contributed by atoms with van der Waals surface area (Å²) in [4.78, 5) is 0. The summed E-state index contributed by atoms with van der Waals surface area (Å²) < 4.78 is 13.5. The van der Waals surface area contributed by atoms with Crippen molar-refractivity contribution in [2.45, 2.75) is 26.3 Å². The summed E-state index contributed by atoms with van der Waals surface area (Å²) in [5.41, 5.74) is 9.38. The van der Waals surface area contributed by atoms with E-state index in [9.17, 15) is 4.39 Å². The number of nitrogens with one attached hydrogen (secondary N) is 3. The molecule has 39 heavy (non-hydrogen) atoms. The summed E-state index contributed by atoms with van der Waals surface area (Å²) in [7, 11) is 1.90. The highest BCUT2D eigenvalue weighted by Crippen LogP contribution is 2.25. The van der Waals surface area contributed by atoms with Gasteiger partial charge in [-0.15, -0.1) is 6.42 Å². The highest BCUT2D eigenvalue weighted by atomic mass is 19.1. The predicted octanol–water partition coefficient (Wildman–Crippen LogP) is 7.09. The smallest absolute Gasteiger partial charge is 0.123 e. The van der Waals surface area contributed by atoms with Gasteiger partial charge in [-0.1, -0.05) is 73.7 Å². The van der Waals surface area contributed by atoms with Crippen LogP contribution in [0, 0.1) is 25.1 Å². The van der Waals surface area contributed by atoms with Gasteiger partial charge in [-0.3, -0.25) is 0 Å². The van der Waals surface area contributed by atoms with Crippen LogP contribution in [0.4, 0.5) is 4.39 Å². The number of benzene rings is 3. The van der Waals surface area contributed by atoms with Gasteiger partial charge in [0.1, 0.15) is 5.82 Å². The normalized spacial score (nSPS) is 12.3. The van der Waals surface area contributed by atoms with Crippen molar-refractivity contribution >= 4 is 11.3 Å². The van der Waals surface area contributed by atoms with Crippen molar-refractivity contribution < 1.29 is 4.39 Å². The van der Waals surface area contributed by atoms with Crippen LogP contribution in [0.15, 0.2) is 116 Å². The van der Waals surface area contributed by atoms with E-state index in [-0.39, 0.29) is 11.9 Å². The minimum Gasteiger partial charge on any atom is -0.362 e. The lowest BCUT2D eigenvalue weighted by molar-refractivity contribution is 0.627. The van der Waals surface area contributed by atoms with E-state index in [0.717, 1.165) is 56.0 Å². The summed E-state index contributed by atoms with van der Waals surface area (Å²) in [5, 5.41) is 9.95. The Morgan fingerprint density at radius 1 is 1.00 bits per heavy atom. The van der Waals surface area contributed by atoms with Crippen LogP contribution in [-0.2, 0) is 6.42 Å². The molecule has 4 heteroatoms. The minimum absolute atomic E-state index is 0.0711. The zero-order chi connectivity index (χ0) is 28.4. The molecule has 0 aliphatic rings. The molecule has 0 saturated carbocycles. The van der Waals surface area contributed by atoms with Crippen LogP contribution in [0.2, 0.25) is 0 Å². The van der Waals surface area contributed by atoms with Crippen molar-refractivity contribution in [3.63, 3.8) is 0 Å². The SMILES string of the molecule is C#Cc1cccc(/C(=C/C=C(\Cc2cc(C)cc(C(=C)c3ccc(F)cc3)c2)NC(=C)C(C)NC)NC=C)c1. The number of rotatable bonds is 12. The summed E-state index contributed by atoms with van der Waals surface area (Å²) in [6.07, 6.45) is 11.9. The van der Waals surface area contributed by atoms with Crippen LogP contribution in [0.5, 0.6) is 0 Å². The molecule has 3 aromatic rings.